The molecule has 34 heavy (non-hydrogen) atoms. The highest BCUT2D eigenvalue weighted by atomic mass is 17.5. The van der Waals surface area contributed by atoms with Gasteiger partial charge in [0.05, 0.1) is 17.2 Å². The third-order valence-electron chi connectivity index (χ3n) is 6.03. The van der Waals surface area contributed by atoms with Crippen LogP contribution < -0.4 is 0 Å². The third-order valence-corrected chi connectivity index (χ3v) is 6.03. The molecular weight excluding hydrogens is 432 g/mol. The Hall–Kier alpha value is -2.08. The molecule has 0 aliphatic rings. The number of aryl methyl sites for hydroxylation is 1. The van der Waals surface area contributed by atoms with Gasteiger partial charge in [0.15, 0.2) is 0 Å². The van der Waals surface area contributed by atoms with Crippen LogP contribution in [-0.2, 0) is 26.0 Å². The Morgan fingerprint density at radius 2 is 1.09 bits per heavy atom. The molecule has 0 bridgehead atoms. The second-order valence-corrected chi connectivity index (χ2v) is 8.97. The average molecular weight is 479 g/mol. The summed E-state index contributed by atoms with van der Waals surface area (Å²) in [4.78, 5) is 32.0. The highest BCUT2D eigenvalue weighted by Crippen LogP contribution is 2.14. The fraction of sp³-hybridized carbons (Fsp3) is 0.714. The standard InChI is InChI=1S/C28H46O6/c1-3-5-6-7-8-9-10-11-12-13-14-15-16-17-18-19-24-31-28(30)33-34-32-27(29)26-22-20-25(4-2)21-23-26/h20-23H,3-19,24H2,1-2H3. The molecule has 1 rings (SSSR count). The van der Waals surface area contributed by atoms with Gasteiger partial charge in [0.1, 0.15) is 0 Å². The number of carbonyl (C=O) groups is 2. The highest BCUT2D eigenvalue weighted by Gasteiger charge is 2.12. The van der Waals surface area contributed by atoms with Crippen molar-refractivity contribution in [3.63, 3.8) is 0 Å². The van der Waals surface area contributed by atoms with Crippen LogP contribution in [0, 0.1) is 0 Å². The third kappa shape index (κ3) is 16.5. The smallest absolute Gasteiger partial charge is 0.432 e. The molecule has 0 saturated heterocycles. The van der Waals surface area contributed by atoms with Crippen molar-refractivity contribution in [3.05, 3.63) is 35.4 Å². The predicted molar refractivity (Wildman–Crippen MR) is 134 cm³/mol. The van der Waals surface area contributed by atoms with Gasteiger partial charge < -0.3 is 4.74 Å². The maximum absolute atomic E-state index is 11.8. The Kier molecular flexibility index (Phi) is 18.9. The SMILES string of the molecule is CCCCCCCCCCCCCCCCCCOC(=O)OOOC(=O)c1ccc(CC)cc1. The van der Waals surface area contributed by atoms with E-state index in [1.807, 2.05) is 19.1 Å². The van der Waals surface area contributed by atoms with Gasteiger partial charge in [-0.3, -0.25) is 4.89 Å². The molecule has 0 N–H and O–H groups in total. The van der Waals surface area contributed by atoms with Crippen molar-refractivity contribution >= 4 is 12.1 Å². The fourth-order valence-electron chi connectivity index (χ4n) is 3.83. The maximum Gasteiger partial charge on any atom is 0.543 e. The molecule has 1 aromatic carbocycles. The van der Waals surface area contributed by atoms with Crippen LogP contribution in [-0.4, -0.2) is 18.7 Å². The molecule has 6 heteroatoms. The molecule has 0 atom stereocenters. The number of ether oxygens (including phenoxy) is 1. The first-order valence-corrected chi connectivity index (χ1v) is 13.5. The van der Waals surface area contributed by atoms with Gasteiger partial charge in [-0.1, -0.05) is 122 Å². The Morgan fingerprint density at radius 3 is 1.56 bits per heavy atom. The zero-order chi connectivity index (χ0) is 24.7. The minimum absolute atomic E-state index is 0.257. The Labute approximate surface area is 206 Å². The summed E-state index contributed by atoms with van der Waals surface area (Å²) in [6.45, 7) is 4.55. The topological polar surface area (TPSA) is 71.1 Å². The molecule has 0 amide bonds. The summed E-state index contributed by atoms with van der Waals surface area (Å²) in [6, 6.07) is 6.90. The summed E-state index contributed by atoms with van der Waals surface area (Å²) in [6.07, 6.45) is 20.5. The lowest BCUT2D eigenvalue weighted by Gasteiger charge is -2.05. The molecule has 0 spiro atoms. The van der Waals surface area contributed by atoms with E-state index in [1.165, 1.54) is 83.5 Å². The van der Waals surface area contributed by atoms with E-state index in [2.05, 4.69) is 21.7 Å². The van der Waals surface area contributed by atoms with Crippen LogP contribution in [0.4, 0.5) is 4.79 Å². The summed E-state index contributed by atoms with van der Waals surface area (Å²) in [5.41, 5.74) is 1.41. The van der Waals surface area contributed by atoms with Crippen molar-refractivity contribution in [1.82, 2.24) is 0 Å². The summed E-state index contributed by atoms with van der Waals surface area (Å²) in [5, 5.41) is 4.23. The van der Waals surface area contributed by atoms with Gasteiger partial charge in [0.2, 0.25) is 0 Å². The maximum atomic E-state index is 11.8. The van der Waals surface area contributed by atoms with Crippen LogP contribution >= 0.6 is 0 Å². The second-order valence-electron chi connectivity index (χ2n) is 8.97. The Morgan fingerprint density at radius 1 is 0.618 bits per heavy atom. The van der Waals surface area contributed by atoms with E-state index in [4.69, 9.17) is 4.74 Å². The van der Waals surface area contributed by atoms with Crippen molar-refractivity contribution in [2.24, 2.45) is 0 Å². The van der Waals surface area contributed by atoms with Crippen molar-refractivity contribution in [2.45, 2.75) is 123 Å². The number of unbranched alkanes of at least 4 members (excludes halogenated alkanes) is 15. The lowest BCUT2D eigenvalue weighted by atomic mass is 10.0. The van der Waals surface area contributed by atoms with Gasteiger partial charge in [0.25, 0.3) is 0 Å². The van der Waals surface area contributed by atoms with Gasteiger partial charge >= 0.3 is 12.1 Å². The zero-order valence-electron chi connectivity index (χ0n) is 21.5. The minimum atomic E-state index is -1.02. The lowest BCUT2D eigenvalue weighted by molar-refractivity contribution is -0.452. The molecule has 0 aliphatic carbocycles. The number of hydrogen-bond donors (Lipinski definition) is 0. The number of rotatable bonds is 21. The van der Waals surface area contributed by atoms with E-state index in [0.717, 1.165) is 31.2 Å². The van der Waals surface area contributed by atoms with Crippen LogP contribution in [0.15, 0.2) is 24.3 Å². The number of benzene rings is 1. The van der Waals surface area contributed by atoms with Crippen LogP contribution in [0.1, 0.15) is 133 Å². The summed E-state index contributed by atoms with van der Waals surface area (Å²) in [7, 11) is 0. The van der Waals surface area contributed by atoms with Crippen molar-refractivity contribution in [3.8, 4) is 0 Å². The van der Waals surface area contributed by atoms with Gasteiger partial charge in [-0.15, -0.1) is 0 Å². The first-order chi connectivity index (χ1) is 16.7. The Balaban J connectivity index is 1.83. The molecule has 1 aromatic rings. The zero-order valence-corrected chi connectivity index (χ0v) is 21.5. The molecule has 0 radical (unpaired) electrons. The summed E-state index contributed by atoms with van der Waals surface area (Å²) < 4.78 is 4.90. The molecule has 0 unspecified atom stereocenters. The highest BCUT2D eigenvalue weighted by molar-refractivity contribution is 5.88. The van der Waals surface area contributed by atoms with Gasteiger partial charge in [-0.05, 0) is 30.5 Å². The first-order valence-electron chi connectivity index (χ1n) is 13.5. The van der Waals surface area contributed by atoms with Crippen LogP contribution in [0.3, 0.4) is 0 Å². The van der Waals surface area contributed by atoms with E-state index >= 15 is 0 Å². The van der Waals surface area contributed by atoms with Crippen LogP contribution in [0.5, 0.6) is 0 Å². The van der Waals surface area contributed by atoms with Crippen molar-refractivity contribution in [1.29, 1.82) is 0 Å². The molecule has 0 aromatic heterocycles. The van der Waals surface area contributed by atoms with Crippen LogP contribution in [0.2, 0.25) is 0 Å². The number of carbonyl (C=O) groups excluding carboxylic acids is 2. The normalized spacial score (nSPS) is 10.8. The monoisotopic (exact) mass is 478 g/mol. The van der Waals surface area contributed by atoms with Gasteiger partial charge in [-0.2, -0.15) is 0 Å². The molecule has 194 valence electrons. The van der Waals surface area contributed by atoms with Crippen LogP contribution in [0.25, 0.3) is 0 Å². The largest absolute Gasteiger partial charge is 0.543 e. The van der Waals surface area contributed by atoms with E-state index in [0.29, 0.717) is 5.56 Å². The lowest BCUT2D eigenvalue weighted by Crippen LogP contribution is -2.12. The average Bonchev–Trinajstić information content (AvgIpc) is 2.86. The van der Waals surface area contributed by atoms with E-state index in [-0.39, 0.29) is 6.61 Å². The summed E-state index contributed by atoms with van der Waals surface area (Å²) >= 11 is 0. The molecule has 6 nitrogen and oxygen atoms in total. The van der Waals surface area contributed by atoms with E-state index in [9.17, 15) is 9.59 Å². The van der Waals surface area contributed by atoms with Gasteiger partial charge in [0, 0.05) is 0 Å². The van der Waals surface area contributed by atoms with E-state index in [1.54, 1.807) is 12.1 Å². The summed E-state index contributed by atoms with van der Waals surface area (Å²) in [5.74, 6) is -0.742. The van der Waals surface area contributed by atoms with Crippen molar-refractivity contribution < 1.29 is 29.1 Å². The first kappa shape index (κ1) is 30.0. The quantitative estimate of drug-likeness (QED) is 0.0761. The molecule has 0 saturated carbocycles. The minimum Gasteiger partial charge on any atom is -0.432 e. The second kappa shape index (κ2) is 21.5. The predicted octanol–water partition coefficient (Wildman–Crippen LogP) is 8.67. The molecular formula is C28H46O6. The molecule has 0 fully saturated rings. The fourth-order valence-corrected chi connectivity index (χ4v) is 3.83. The van der Waals surface area contributed by atoms with E-state index < -0.39 is 12.1 Å². The van der Waals surface area contributed by atoms with Gasteiger partial charge in [-0.25, -0.2) is 14.5 Å². The van der Waals surface area contributed by atoms with Crippen molar-refractivity contribution in [2.75, 3.05) is 6.61 Å². The Bertz CT molecular complexity index is 628. The number of hydrogen-bond acceptors (Lipinski definition) is 6. The molecule has 0 heterocycles. The molecule has 0 aliphatic heterocycles.